The number of carbonyl (C=O) groups excluding carboxylic acids is 1. The lowest BCUT2D eigenvalue weighted by Crippen LogP contribution is -2.03. The van der Waals surface area contributed by atoms with Gasteiger partial charge in [-0.1, -0.05) is 17.7 Å². The van der Waals surface area contributed by atoms with Crippen LogP contribution in [-0.4, -0.2) is 22.5 Å². The Morgan fingerprint density at radius 1 is 1.41 bits per heavy atom. The summed E-state index contributed by atoms with van der Waals surface area (Å²) < 4.78 is 5.08. The van der Waals surface area contributed by atoms with Crippen LogP contribution in [0.5, 0.6) is 0 Å². The fraction of sp³-hybridized carbons (Fsp3) is 0.267. The van der Waals surface area contributed by atoms with E-state index < -0.39 is 0 Å². The summed E-state index contributed by atoms with van der Waals surface area (Å²) in [6.07, 6.45) is 0.638. The van der Waals surface area contributed by atoms with Crippen LogP contribution in [0, 0.1) is 6.92 Å². The summed E-state index contributed by atoms with van der Waals surface area (Å²) in [6, 6.07) is 4.03. The van der Waals surface area contributed by atoms with Gasteiger partial charge in [-0.2, -0.15) is 0 Å². The van der Waals surface area contributed by atoms with Gasteiger partial charge in [-0.3, -0.25) is 0 Å². The summed E-state index contributed by atoms with van der Waals surface area (Å²) in [7, 11) is 0. The zero-order valence-corrected chi connectivity index (χ0v) is 14.4. The Kier molecular flexibility index (Phi) is 4.42. The number of esters is 1. The first-order valence-electron chi connectivity index (χ1n) is 6.75. The maximum absolute atomic E-state index is 12.0. The van der Waals surface area contributed by atoms with Crippen molar-refractivity contribution >= 4 is 50.5 Å². The maximum atomic E-state index is 12.0. The van der Waals surface area contributed by atoms with Gasteiger partial charge in [0.25, 0.3) is 0 Å². The first kappa shape index (κ1) is 15.4. The molecule has 0 aromatic carbocycles. The second-order valence-corrected chi connectivity index (χ2v) is 7.03. The largest absolute Gasteiger partial charge is 0.462 e. The van der Waals surface area contributed by atoms with Gasteiger partial charge in [-0.15, -0.1) is 22.7 Å². The molecular formula is C15H13ClN2O2S2. The molecule has 3 heterocycles. The molecule has 4 nitrogen and oxygen atoms in total. The Balaban J connectivity index is 2.04. The molecule has 0 radical (unpaired) electrons. The van der Waals surface area contributed by atoms with Gasteiger partial charge < -0.3 is 4.74 Å². The molecule has 0 unspecified atom stereocenters. The van der Waals surface area contributed by atoms with E-state index in [1.807, 2.05) is 24.4 Å². The molecule has 0 saturated heterocycles. The summed E-state index contributed by atoms with van der Waals surface area (Å²) >= 11 is 9.27. The number of halogens is 1. The summed E-state index contributed by atoms with van der Waals surface area (Å²) in [5.41, 5.74) is 0.783. The van der Waals surface area contributed by atoms with Crippen LogP contribution in [0.15, 0.2) is 17.5 Å². The van der Waals surface area contributed by atoms with Gasteiger partial charge in [0.2, 0.25) is 0 Å². The van der Waals surface area contributed by atoms with Gasteiger partial charge in [-0.25, -0.2) is 14.8 Å². The van der Waals surface area contributed by atoms with Crippen molar-refractivity contribution in [2.24, 2.45) is 0 Å². The molecule has 0 saturated carbocycles. The summed E-state index contributed by atoms with van der Waals surface area (Å²) in [5, 5.41) is 3.15. The molecule has 0 N–H and O–H groups in total. The highest BCUT2D eigenvalue weighted by Gasteiger charge is 2.20. The smallest absolute Gasteiger partial charge is 0.348 e. The highest BCUT2D eigenvalue weighted by Crippen LogP contribution is 2.34. The molecule has 0 spiro atoms. The number of ether oxygens (including phenoxy) is 1. The number of aryl methyl sites for hydroxylation is 1. The average molecular weight is 353 g/mol. The van der Waals surface area contributed by atoms with Crippen LogP contribution >= 0.6 is 34.3 Å². The monoisotopic (exact) mass is 352 g/mol. The van der Waals surface area contributed by atoms with Crippen molar-refractivity contribution in [2.75, 3.05) is 6.61 Å². The van der Waals surface area contributed by atoms with Crippen molar-refractivity contribution in [2.45, 2.75) is 20.3 Å². The zero-order valence-electron chi connectivity index (χ0n) is 12.1. The molecule has 0 bridgehead atoms. The highest BCUT2D eigenvalue weighted by atomic mass is 35.5. The zero-order chi connectivity index (χ0) is 15.7. The first-order valence-corrected chi connectivity index (χ1v) is 8.82. The third-order valence-electron chi connectivity index (χ3n) is 3.17. The number of carbonyl (C=O) groups is 1. The topological polar surface area (TPSA) is 52.1 Å². The lowest BCUT2D eigenvalue weighted by Gasteiger charge is -2.01. The van der Waals surface area contributed by atoms with Crippen LogP contribution in [0.4, 0.5) is 0 Å². The van der Waals surface area contributed by atoms with Gasteiger partial charge in [0.1, 0.15) is 20.7 Å². The fourth-order valence-electron chi connectivity index (χ4n) is 2.17. The van der Waals surface area contributed by atoms with Gasteiger partial charge in [0, 0.05) is 11.3 Å². The second-order valence-electron chi connectivity index (χ2n) is 4.64. The van der Waals surface area contributed by atoms with Crippen LogP contribution in [-0.2, 0) is 11.2 Å². The lowest BCUT2D eigenvalue weighted by atomic mass is 10.2. The van der Waals surface area contributed by atoms with E-state index in [1.165, 1.54) is 16.2 Å². The molecule has 114 valence electrons. The van der Waals surface area contributed by atoms with Gasteiger partial charge >= 0.3 is 5.97 Å². The molecule has 3 aromatic heterocycles. The summed E-state index contributed by atoms with van der Waals surface area (Å²) in [4.78, 5) is 23.4. The molecule has 3 aromatic rings. The van der Waals surface area contributed by atoms with E-state index in [2.05, 4.69) is 9.97 Å². The number of nitrogens with zero attached hydrogens (tertiary/aromatic N) is 2. The van der Waals surface area contributed by atoms with Crippen LogP contribution in [0.1, 0.15) is 32.9 Å². The number of fused-ring (bicyclic) bond motifs is 1. The number of rotatable bonds is 4. The van der Waals surface area contributed by atoms with Gasteiger partial charge in [-0.05, 0) is 30.9 Å². The van der Waals surface area contributed by atoms with E-state index in [1.54, 1.807) is 18.3 Å². The molecule has 0 aliphatic carbocycles. The minimum atomic E-state index is -0.334. The average Bonchev–Trinajstić information content (AvgIpc) is 3.07. The van der Waals surface area contributed by atoms with E-state index in [4.69, 9.17) is 16.3 Å². The van der Waals surface area contributed by atoms with Gasteiger partial charge in [0.05, 0.1) is 12.0 Å². The van der Waals surface area contributed by atoms with Crippen molar-refractivity contribution in [3.8, 4) is 0 Å². The standard InChI is InChI=1S/C15H13ClN2O2S2/c1-3-20-15(19)12-8(2)11-13(16)17-10(18-14(11)22-12)7-9-5-4-6-21-9/h4-6H,3,7H2,1-2H3. The van der Waals surface area contributed by atoms with Crippen LogP contribution in [0.3, 0.4) is 0 Å². The molecule has 0 amide bonds. The maximum Gasteiger partial charge on any atom is 0.348 e. The van der Waals surface area contributed by atoms with Crippen molar-refractivity contribution in [1.29, 1.82) is 0 Å². The van der Waals surface area contributed by atoms with Crippen LogP contribution < -0.4 is 0 Å². The molecule has 0 aliphatic rings. The second kappa shape index (κ2) is 6.32. The number of thiophene rings is 2. The summed E-state index contributed by atoms with van der Waals surface area (Å²) in [5.74, 6) is 0.329. The Hall–Kier alpha value is -1.50. The number of hydrogen-bond acceptors (Lipinski definition) is 6. The van der Waals surface area contributed by atoms with Crippen molar-refractivity contribution in [1.82, 2.24) is 9.97 Å². The molecular weight excluding hydrogens is 340 g/mol. The molecule has 22 heavy (non-hydrogen) atoms. The van der Waals surface area contributed by atoms with Crippen LogP contribution in [0.2, 0.25) is 5.15 Å². The molecule has 7 heteroatoms. The molecule has 0 aliphatic heterocycles. The first-order chi connectivity index (χ1) is 10.6. The molecule has 3 rings (SSSR count). The highest BCUT2D eigenvalue weighted by molar-refractivity contribution is 7.20. The Bertz CT molecular complexity index is 828. The SMILES string of the molecule is CCOC(=O)c1sc2nc(Cc3cccs3)nc(Cl)c2c1C. The van der Waals surface area contributed by atoms with Crippen molar-refractivity contribution in [3.63, 3.8) is 0 Å². The van der Waals surface area contributed by atoms with E-state index in [-0.39, 0.29) is 5.97 Å². The lowest BCUT2D eigenvalue weighted by molar-refractivity contribution is 0.0531. The Morgan fingerprint density at radius 3 is 2.91 bits per heavy atom. The minimum absolute atomic E-state index is 0.334. The number of hydrogen-bond donors (Lipinski definition) is 0. The molecule has 0 fully saturated rings. The van der Waals surface area contributed by atoms with Gasteiger partial charge in [0.15, 0.2) is 0 Å². The van der Waals surface area contributed by atoms with E-state index >= 15 is 0 Å². The quantitative estimate of drug-likeness (QED) is 0.513. The fourth-order valence-corrected chi connectivity index (χ4v) is 4.35. The third-order valence-corrected chi connectivity index (χ3v) is 5.48. The minimum Gasteiger partial charge on any atom is -0.462 e. The molecule has 0 atom stereocenters. The Labute approximate surface area is 140 Å². The Morgan fingerprint density at radius 2 is 2.23 bits per heavy atom. The van der Waals surface area contributed by atoms with Crippen LogP contribution in [0.25, 0.3) is 10.2 Å². The predicted octanol–water partition coefficient (Wildman–Crippen LogP) is 4.48. The number of aromatic nitrogens is 2. The predicted molar refractivity (Wildman–Crippen MR) is 90.2 cm³/mol. The third kappa shape index (κ3) is 2.86. The van der Waals surface area contributed by atoms with Crippen molar-refractivity contribution < 1.29 is 9.53 Å². The van der Waals surface area contributed by atoms with E-state index in [0.717, 1.165) is 15.8 Å². The summed E-state index contributed by atoms with van der Waals surface area (Å²) in [6.45, 7) is 3.97. The van der Waals surface area contributed by atoms with E-state index in [9.17, 15) is 4.79 Å². The normalized spacial score (nSPS) is 11.0. The van der Waals surface area contributed by atoms with E-state index in [0.29, 0.717) is 28.9 Å². The van der Waals surface area contributed by atoms with Crippen molar-refractivity contribution in [3.05, 3.63) is 43.8 Å².